The molecule has 0 atom stereocenters. The maximum absolute atomic E-state index is 5.64. The van der Waals surface area contributed by atoms with E-state index in [4.69, 9.17) is 9.47 Å². The summed E-state index contributed by atoms with van der Waals surface area (Å²) in [6.07, 6.45) is 0. The molecule has 2 rings (SSSR count). The Hall–Kier alpha value is -2.16. The van der Waals surface area contributed by atoms with Crippen LogP contribution >= 0.6 is 0 Å². The first-order valence-corrected chi connectivity index (χ1v) is 7.01. The van der Waals surface area contributed by atoms with Crippen molar-refractivity contribution in [2.45, 2.75) is 20.4 Å². The molecule has 20 heavy (non-hydrogen) atoms. The first kappa shape index (κ1) is 14.3. The van der Waals surface area contributed by atoms with Gasteiger partial charge in [-0.2, -0.15) is 0 Å². The van der Waals surface area contributed by atoms with Gasteiger partial charge in [-0.05, 0) is 31.5 Å². The topological polar surface area (TPSA) is 30.5 Å². The lowest BCUT2D eigenvalue weighted by atomic mass is 10.2. The lowest BCUT2D eigenvalue weighted by Gasteiger charge is -2.14. The van der Waals surface area contributed by atoms with E-state index >= 15 is 0 Å². The molecule has 2 aromatic rings. The normalized spacial score (nSPS) is 10.1. The predicted octanol–water partition coefficient (Wildman–Crippen LogP) is 4.10. The lowest BCUT2D eigenvalue weighted by Crippen LogP contribution is -2.03. The standard InChI is InChI=1S/C17H21NO2/c1-3-19-15-10-11-17(20-4-2)16(12-15)18-13-14-8-6-5-7-9-14/h5-12,18H,3-4,13H2,1-2H3. The van der Waals surface area contributed by atoms with Crippen LogP contribution in [0.5, 0.6) is 11.5 Å². The van der Waals surface area contributed by atoms with Gasteiger partial charge in [0.1, 0.15) is 11.5 Å². The van der Waals surface area contributed by atoms with Crippen molar-refractivity contribution in [3.8, 4) is 11.5 Å². The Bertz CT molecular complexity index is 526. The number of hydrogen-bond acceptors (Lipinski definition) is 3. The second-order valence-corrected chi connectivity index (χ2v) is 4.36. The molecule has 106 valence electrons. The number of ether oxygens (including phenoxy) is 2. The largest absolute Gasteiger partial charge is 0.494 e. The highest BCUT2D eigenvalue weighted by molar-refractivity contribution is 5.60. The van der Waals surface area contributed by atoms with E-state index in [1.807, 2.05) is 50.2 Å². The average molecular weight is 271 g/mol. The van der Waals surface area contributed by atoms with Crippen molar-refractivity contribution in [2.24, 2.45) is 0 Å². The number of nitrogens with one attached hydrogen (secondary N) is 1. The molecule has 2 aromatic carbocycles. The fourth-order valence-electron chi connectivity index (χ4n) is 1.98. The minimum atomic E-state index is 0.647. The van der Waals surface area contributed by atoms with Crippen LogP contribution in [0.4, 0.5) is 5.69 Å². The van der Waals surface area contributed by atoms with Crippen LogP contribution in [0.1, 0.15) is 19.4 Å². The van der Waals surface area contributed by atoms with Crippen LogP contribution in [-0.2, 0) is 6.54 Å². The Morgan fingerprint density at radius 1 is 0.900 bits per heavy atom. The third-order valence-electron chi connectivity index (χ3n) is 2.89. The molecule has 0 aliphatic heterocycles. The van der Waals surface area contributed by atoms with Gasteiger partial charge in [-0.3, -0.25) is 0 Å². The maximum Gasteiger partial charge on any atom is 0.142 e. The number of benzene rings is 2. The summed E-state index contributed by atoms with van der Waals surface area (Å²) in [5.41, 5.74) is 2.19. The summed E-state index contributed by atoms with van der Waals surface area (Å²) in [7, 11) is 0. The second-order valence-electron chi connectivity index (χ2n) is 4.36. The lowest BCUT2D eigenvalue weighted by molar-refractivity contribution is 0.332. The molecule has 0 spiro atoms. The fourth-order valence-corrected chi connectivity index (χ4v) is 1.98. The van der Waals surface area contributed by atoms with Crippen LogP contribution < -0.4 is 14.8 Å². The van der Waals surface area contributed by atoms with E-state index < -0.39 is 0 Å². The van der Waals surface area contributed by atoms with Crippen LogP contribution in [0.25, 0.3) is 0 Å². The van der Waals surface area contributed by atoms with Crippen molar-refractivity contribution in [2.75, 3.05) is 18.5 Å². The first-order valence-electron chi connectivity index (χ1n) is 7.01. The van der Waals surface area contributed by atoms with E-state index in [2.05, 4.69) is 17.4 Å². The molecule has 0 heterocycles. The second kappa shape index (κ2) is 7.43. The van der Waals surface area contributed by atoms with Crippen molar-refractivity contribution in [3.63, 3.8) is 0 Å². The predicted molar refractivity (Wildman–Crippen MR) is 82.5 cm³/mol. The molecule has 3 heteroatoms. The SMILES string of the molecule is CCOc1ccc(OCC)c(NCc2ccccc2)c1. The Morgan fingerprint density at radius 3 is 2.35 bits per heavy atom. The third-order valence-corrected chi connectivity index (χ3v) is 2.89. The molecular weight excluding hydrogens is 250 g/mol. The van der Waals surface area contributed by atoms with Gasteiger partial charge in [0.2, 0.25) is 0 Å². The van der Waals surface area contributed by atoms with Crippen LogP contribution in [0, 0.1) is 0 Å². The zero-order chi connectivity index (χ0) is 14.2. The highest BCUT2D eigenvalue weighted by Crippen LogP contribution is 2.29. The zero-order valence-electron chi connectivity index (χ0n) is 12.1. The molecule has 0 aliphatic carbocycles. The molecule has 0 saturated heterocycles. The summed E-state index contributed by atoms with van der Waals surface area (Å²) in [5.74, 6) is 1.71. The Kier molecular flexibility index (Phi) is 5.30. The van der Waals surface area contributed by atoms with Crippen LogP contribution in [0.2, 0.25) is 0 Å². The van der Waals surface area contributed by atoms with E-state index in [-0.39, 0.29) is 0 Å². The van der Waals surface area contributed by atoms with E-state index in [1.54, 1.807) is 0 Å². The minimum Gasteiger partial charge on any atom is -0.494 e. The third kappa shape index (κ3) is 3.92. The molecule has 1 N–H and O–H groups in total. The van der Waals surface area contributed by atoms with Gasteiger partial charge in [0.25, 0.3) is 0 Å². The van der Waals surface area contributed by atoms with Crippen LogP contribution in [-0.4, -0.2) is 13.2 Å². The Labute approximate surface area is 120 Å². The van der Waals surface area contributed by atoms with Gasteiger partial charge < -0.3 is 14.8 Å². The Morgan fingerprint density at radius 2 is 1.65 bits per heavy atom. The summed E-state index contributed by atoms with van der Waals surface area (Å²) in [4.78, 5) is 0. The highest BCUT2D eigenvalue weighted by atomic mass is 16.5. The zero-order valence-corrected chi connectivity index (χ0v) is 12.1. The van der Waals surface area contributed by atoms with Gasteiger partial charge >= 0.3 is 0 Å². The van der Waals surface area contributed by atoms with E-state index in [1.165, 1.54) is 5.56 Å². The summed E-state index contributed by atoms with van der Waals surface area (Å²) in [6.45, 7) is 6.03. The van der Waals surface area contributed by atoms with Gasteiger partial charge in [0.15, 0.2) is 0 Å². The molecule has 0 bridgehead atoms. The van der Waals surface area contributed by atoms with Gasteiger partial charge in [-0.1, -0.05) is 30.3 Å². The van der Waals surface area contributed by atoms with Crippen LogP contribution in [0.15, 0.2) is 48.5 Å². The monoisotopic (exact) mass is 271 g/mol. The molecule has 0 saturated carbocycles. The van der Waals surface area contributed by atoms with Crippen molar-refractivity contribution in [1.82, 2.24) is 0 Å². The minimum absolute atomic E-state index is 0.647. The molecule has 0 aliphatic rings. The fraction of sp³-hybridized carbons (Fsp3) is 0.294. The molecule has 0 radical (unpaired) electrons. The smallest absolute Gasteiger partial charge is 0.142 e. The molecule has 0 amide bonds. The molecule has 0 aromatic heterocycles. The maximum atomic E-state index is 5.64. The highest BCUT2D eigenvalue weighted by Gasteiger charge is 2.05. The summed E-state index contributed by atoms with van der Waals surface area (Å²) in [6, 6.07) is 16.2. The number of hydrogen-bond donors (Lipinski definition) is 1. The molecule has 0 fully saturated rings. The van der Waals surface area contributed by atoms with Crippen molar-refractivity contribution in [1.29, 1.82) is 0 Å². The summed E-state index contributed by atoms with van der Waals surface area (Å²) in [5, 5.41) is 3.41. The van der Waals surface area contributed by atoms with Gasteiger partial charge in [-0.25, -0.2) is 0 Å². The molecule has 0 unspecified atom stereocenters. The number of rotatable bonds is 7. The summed E-state index contributed by atoms with van der Waals surface area (Å²) < 4.78 is 11.2. The average Bonchev–Trinajstić information content (AvgIpc) is 2.49. The first-order chi connectivity index (χ1) is 9.83. The molecule has 3 nitrogen and oxygen atoms in total. The summed E-state index contributed by atoms with van der Waals surface area (Å²) >= 11 is 0. The Balaban J connectivity index is 2.12. The van der Waals surface area contributed by atoms with E-state index in [9.17, 15) is 0 Å². The molecular formula is C17H21NO2. The van der Waals surface area contributed by atoms with Crippen molar-refractivity contribution >= 4 is 5.69 Å². The van der Waals surface area contributed by atoms with Crippen molar-refractivity contribution < 1.29 is 9.47 Å². The van der Waals surface area contributed by atoms with Gasteiger partial charge in [0, 0.05) is 12.6 Å². The quantitative estimate of drug-likeness (QED) is 0.822. The van der Waals surface area contributed by atoms with Gasteiger partial charge in [-0.15, -0.1) is 0 Å². The number of anilines is 1. The van der Waals surface area contributed by atoms with Crippen molar-refractivity contribution in [3.05, 3.63) is 54.1 Å². The van der Waals surface area contributed by atoms with E-state index in [0.717, 1.165) is 23.7 Å². The van der Waals surface area contributed by atoms with Gasteiger partial charge in [0.05, 0.1) is 18.9 Å². The van der Waals surface area contributed by atoms with Crippen LogP contribution in [0.3, 0.4) is 0 Å². The van der Waals surface area contributed by atoms with E-state index in [0.29, 0.717) is 13.2 Å².